The van der Waals surface area contributed by atoms with Gasteiger partial charge in [0.15, 0.2) is 0 Å². The monoisotopic (exact) mass is 754 g/mol. The van der Waals surface area contributed by atoms with Gasteiger partial charge in [0.25, 0.3) is 0 Å². The maximum atomic E-state index is 5.37. The van der Waals surface area contributed by atoms with Crippen LogP contribution in [0.4, 0.5) is 0 Å². The zero-order valence-corrected chi connectivity index (χ0v) is 32.5. The normalized spacial score (nSPS) is 10.9. The fourth-order valence-electron chi connectivity index (χ4n) is 6.85. The van der Waals surface area contributed by atoms with Crippen molar-refractivity contribution < 1.29 is 18.9 Å². The van der Waals surface area contributed by atoms with E-state index in [-0.39, 0.29) is 0 Å². The Bertz CT molecular complexity index is 2180. The van der Waals surface area contributed by atoms with E-state index in [9.17, 15) is 0 Å². The predicted octanol–water partition coefficient (Wildman–Crippen LogP) is 14.4. The average molecular weight is 757 g/mol. The SMILES string of the molecule is CCCc1cc2c(-c3cccc4ccccc34)cccc2[cH-]1.CCCc1cc2c(-c3cccc4ccccc34)cccc2[cH-]1.C[CH]=[Zr]([Cl])[Cl]. The minimum atomic E-state index is -1.76. The van der Waals surface area contributed by atoms with E-state index < -0.39 is 18.9 Å². The average Bonchev–Trinajstić information content (AvgIpc) is 3.75. The van der Waals surface area contributed by atoms with Gasteiger partial charge in [-0.25, -0.2) is 0 Å². The molecule has 0 nitrogen and oxygen atoms in total. The van der Waals surface area contributed by atoms with Crippen LogP contribution >= 0.6 is 17.0 Å². The van der Waals surface area contributed by atoms with Crippen molar-refractivity contribution in [1.29, 1.82) is 0 Å². The van der Waals surface area contributed by atoms with Crippen LogP contribution in [-0.4, -0.2) is 3.71 Å². The summed E-state index contributed by atoms with van der Waals surface area (Å²) in [6.45, 7) is 6.38. The molecule has 49 heavy (non-hydrogen) atoms. The van der Waals surface area contributed by atoms with Crippen molar-refractivity contribution in [3.8, 4) is 22.3 Å². The first kappa shape index (κ1) is 35.2. The minimum absolute atomic E-state index is 1.16. The summed E-state index contributed by atoms with van der Waals surface area (Å²) in [6, 6.07) is 53.2. The third-order valence-corrected chi connectivity index (χ3v) is 12.7. The molecule has 0 unspecified atom stereocenters. The second-order valence-corrected chi connectivity index (χ2v) is 21.3. The molecule has 0 aliphatic carbocycles. The van der Waals surface area contributed by atoms with Gasteiger partial charge in [-0.2, -0.15) is 12.1 Å². The number of rotatable bonds is 6. The predicted molar refractivity (Wildman–Crippen MR) is 216 cm³/mol. The molecule has 0 heterocycles. The van der Waals surface area contributed by atoms with Crippen LogP contribution < -0.4 is 0 Å². The Morgan fingerprint density at radius 1 is 0.490 bits per heavy atom. The standard InChI is InChI=1S/2C22H19.C2H4.2ClH.Zr/c2*1-2-7-16-14-18-10-6-13-21(22(18)15-16)20-12-5-9-17-8-3-4-11-19(17)20;1-2;;;/h2*3-6,8-15H,2,7H2,1H3;1H,2H3;2*1H;/q2*-1;;;;+2/p-2. The van der Waals surface area contributed by atoms with E-state index in [1.54, 1.807) is 0 Å². The van der Waals surface area contributed by atoms with Crippen LogP contribution in [0.1, 0.15) is 44.7 Å². The van der Waals surface area contributed by atoms with Crippen LogP contribution in [0.3, 0.4) is 0 Å². The fraction of sp³-hybridized carbons (Fsp3) is 0.152. The molecular weight excluding hydrogens is 715 g/mol. The Hall–Kier alpha value is -3.61. The Morgan fingerprint density at radius 2 is 0.837 bits per heavy atom. The topological polar surface area (TPSA) is 0 Å². The van der Waals surface area contributed by atoms with Crippen molar-refractivity contribution in [3.05, 3.63) is 157 Å². The molecule has 0 aliphatic rings. The molecule has 8 rings (SSSR count). The molecule has 8 aromatic carbocycles. The van der Waals surface area contributed by atoms with Gasteiger partial charge in [0, 0.05) is 0 Å². The third kappa shape index (κ3) is 8.24. The van der Waals surface area contributed by atoms with E-state index in [4.69, 9.17) is 17.0 Å². The van der Waals surface area contributed by atoms with Crippen molar-refractivity contribution in [2.24, 2.45) is 0 Å². The molecule has 0 amide bonds. The van der Waals surface area contributed by atoms with Gasteiger partial charge in [0.1, 0.15) is 0 Å². The molecule has 0 aromatic heterocycles. The van der Waals surface area contributed by atoms with Crippen LogP contribution in [0.2, 0.25) is 0 Å². The van der Waals surface area contributed by atoms with Crippen molar-refractivity contribution in [2.45, 2.75) is 46.5 Å². The van der Waals surface area contributed by atoms with E-state index in [0.29, 0.717) is 0 Å². The first-order valence-corrected chi connectivity index (χ1v) is 25.1. The van der Waals surface area contributed by atoms with Gasteiger partial charge < -0.3 is 0 Å². The quantitative estimate of drug-likeness (QED) is 0.148. The summed E-state index contributed by atoms with van der Waals surface area (Å²) in [5.74, 6) is 0. The number of halogens is 2. The fourth-order valence-corrected chi connectivity index (χ4v) is 6.85. The van der Waals surface area contributed by atoms with Gasteiger partial charge in [-0.05, 0) is 45.5 Å². The molecule has 0 bridgehead atoms. The van der Waals surface area contributed by atoms with Gasteiger partial charge in [-0.15, -0.1) is 69.1 Å². The molecule has 3 heteroatoms. The Labute approximate surface area is 305 Å². The van der Waals surface area contributed by atoms with Gasteiger partial charge >= 0.3 is 46.5 Å². The Morgan fingerprint density at radius 3 is 1.22 bits per heavy atom. The molecule has 0 aliphatic heterocycles. The number of hydrogen-bond donors (Lipinski definition) is 0. The van der Waals surface area contributed by atoms with Crippen molar-refractivity contribution in [2.75, 3.05) is 0 Å². The van der Waals surface area contributed by atoms with Gasteiger partial charge in [0.2, 0.25) is 0 Å². The molecule has 0 fully saturated rings. The van der Waals surface area contributed by atoms with E-state index in [1.165, 1.54) is 89.3 Å². The number of fused-ring (bicyclic) bond motifs is 4. The zero-order chi connectivity index (χ0) is 34.2. The van der Waals surface area contributed by atoms with Gasteiger partial charge in [-0.1, -0.05) is 135 Å². The van der Waals surface area contributed by atoms with Crippen LogP contribution in [-0.2, 0) is 31.7 Å². The number of benzene rings is 6. The molecule has 0 saturated heterocycles. The first-order chi connectivity index (χ1) is 24.0. The second kappa shape index (κ2) is 16.9. The molecular formula is C46H42Cl2Zr-2. The van der Waals surface area contributed by atoms with E-state index in [1.807, 2.05) is 10.6 Å². The van der Waals surface area contributed by atoms with Crippen molar-refractivity contribution in [3.63, 3.8) is 0 Å². The molecule has 0 radical (unpaired) electrons. The molecule has 0 saturated carbocycles. The molecule has 8 aromatic rings. The second-order valence-electron chi connectivity index (χ2n) is 12.5. The van der Waals surface area contributed by atoms with Crippen molar-refractivity contribution >= 4 is 63.8 Å². The van der Waals surface area contributed by atoms with Crippen molar-refractivity contribution in [1.82, 2.24) is 0 Å². The summed E-state index contributed by atoms with van der Waals surface area (Å²) in [5, 5.41) is 10.7. The zero-order valence-electron chi connectivity index (χ0n) is 28.5. The number of hydrogen-bond acceptors (Lipinski definition) is 0. The maximum absolute atomic E-state index is 5.37. The molecule has 0 N–H and O–H groups in total. The summed E-state index contributed by atoms with van der Waals surface area (Å²) in [6.07, 6.45) is 4.70. The summed E-state index contributed by atoms with van der Waals surface area (Å²) >= 11 is -1.76. The Kier molecular flexibility index (Phi) is 12.1. The van der Waals surface area contributed by atoms with Crippen LogP contribution in [0.25, 0.3) is 65.3 Å². The summed E-state index contributed by atoms with van der Waals surface area (Å²) < 4.78 is 1.89. The molecule has 0 spiro atoms. The van der Waals surface area contributed by atoms with Crippen LogP contribution in [0.15, 0.2) is 146 Å². The van der Waals surface area contributed by atoms with Crippen LogP contribution in [0, 0.1) is 0 Å². The van der Waals surface area contributed by atoms with Crippen LogP contribution in [0.5, 0.6) is 0 Å². The summed E-state index contributed by atoms with van der Waals surface area (Å²) in [4.78, 5) is 0. The molecule has 0 atom stereocenters. The molecule has 246 valence electrons. The Balaban J connectivity index is 0.000000150. The number of aryl methyl sites for hydroxylation is 2. The van der Waals surface area contributed by atoms with E-state index in [0.717, 1.165) is 12.8 Å². The van der Waals surface area contributed by atoms with Gasteiger partial charge in [0.05, 0.1) is 0 Å². The van der Waals surface area contributed by atoms with E-state index >= 15 is 0 Å². The first-order valence-electron chi connectivity index (χ1n) is 17.3. The summed E-state index contributed by atoms with van der Waals surface area (Å²) in [5.41, 5.74) is 8.25. The third-order valence-electron chi connectivity index (χ3n) is 9.08. The van der Waals surface area contributed by atoms with Gasteiger partial charge in [-0.3, -0.25) is 0 Å². The summed E-state index contributed by atoms with van der Waals surface area (Å²) in [7, 11) is 10.7. The van der Waals surface area contributed by atoms with E-state index in [2.05, 4.69) is 159 Å².